The summed E-state index contributed by atoms with van der Waals surface area (Å²) in [6, 6.07) is 0. The highest BCUT2D eigenvalue weighted by molar-refractivity contribution is 7.91. The molecule has 86 valence electrons. The van der Waals surface area contributed by atoms with Crippen LogP contribution in [0.1, 0.15) is 20.3 Å². The van der Waals surface area contributed by atoms with Crippen molar-refractivity contribution < 1.29 is 17.9 Å². The number of carbonyl (C=O) groups is 1. The molecule has 0 radical (unpaired) electrons. The first-order valence-electron chi connectivity index (χ1n) is 5.20. The first-order chi connectivity index (χ1) is 6.82. The Morgan fingerprint density at radius 1 is 1.40 bits per heavy atom. The predicted molar refractivity (Wildman–Crippen MR) is 55.3 cm³/mol. The fraction of sp³-hybridized carbons (Fsp3) is 0.900. The third kappa shape index (κ3) is 1.95. The van der Waals surface area contributed by atoms with Crippen LogP contribution in [0.25, 0.3) is 0 Å². The van der Waals surface area contributed by atoms with E-state index in [2.05, 4.69) is 0 Å². The largest absolute Gasteiger partial charge is 0.367 e. The number of carbonyl (C=O) groups excluding carboxylic acids is 1. The molecule has 2 fully saturated rings. The van der Waals surface area contributed by atoms with Gasteiger partial charge >= 0.3 is 0 Å². The van der Waals surface area contributed by atoms with Gasteiger partial charge in [0.1, 0.15) is 5.60 Å². The summed E-state index contributed by atoms with van der Waals surface area (Å²) in [6.07, 6.45) is 0.609. The number of hydrogen-bond acceptors (Lipinski definition) is 4. The molecular formula is C10H16O4S. The summed E-state index contributed by atoms with van der Waals surface area (Å²) in [7, 11) is -2.90. The molecule has 5 heteroatoms. The van der Waals surface area contributed by atoms with E-state index < -0.39 is 15.4 Å². The lowest BCUT2D eigenvalue weighted by Crippen LogP contribution is -2.33. The van der Waals surface area contributed by atoms with Crippen molar-refractivity contribution in [3.63, 3.8) is 0 Å². The van der Waals surface area contributed by atoms with Crippen LogP contribution in [0.5, 0.6) is 0 Å². The lowest BCUT2D eigenvalue weighted by Gasteiger charge is -2.16. The summed E-state index contributed by atoms with van der Waals surface area (Å²) in [5, 5.41) is 0. The van der Waals surface area contributed by atoms with Gasteiger partial charge in [-0.15, -0.1) is 0 Å². The first kappa shape index (κ1) is 11.1. The van der Waals surface area contributed by atoms with Gasteiger partial charge in [0.15, 0.2) is 15.6 Å². The molecule has 0 N–H and O–H groups in total. The first-order valence-corrected chi connectivity index (χ1v) is 7.03. The van der Waals surface area contributed by atoms with Crippen LogP contribution in [-0.2, 0) is 19.4 Å². The van der Waals surface area contributed by atoms with E-state index in [0.717, 1.165) is 0 Å². The second kappa shape index (κ2) is 3.28. The quantitative estimate of drug-likeness (QED) is 0.657. The molecule has 2 rings (SSSR count). The Bertz CT molecular complexity index is 382. The molecule has 0 saturated carbocycles. The summed E-state index contributed by atoms with van der Waals surface area (Å²) in [4.78, 5) is 11.9. The Morgan fingerprint density at radius 3 is 2.47 bits per heavy atom. The number of sulfone groups is 1. The molecule has 2 unspecified atom stereocenters. The van der Waals surface area contributed by atoms with Crippen LogP contribution in [0.15, 0.2) is 0 Å². The number of rotatable bonds is 1. The van der Waals surface area contributed by atoms with Crippen molar-refractivity contribution in [2.75, 3.05) is 18.1 Å². The van der Waals surface area contributed by atoms with Gasteiger partial charge in [0.25, 0.3) is 0 Å². The standard InChI is InChI=1S/C10H16O4S/c1-10(2)9(11)8(5-14-10)7-3-4-15(12,13)6-7/h7-8H,3-6H2,1-2H3. The zero-order valence-electron chi connectivity index (χ0n) is 9.02. The summed E-state index contributed by atoms with van der Waals surface area (Å²) in [5.41, 5.74) is -0.725. The molecular weight excluding hydrogens is 216 g/mol. The molecule has 2 atom stereocenters. The lowest BCUT2D eigenvalue weighted by atomic mass is 9.85. The average molecular weight is 232 g/mol. The topological polar surface area (TPSA) is 60.4 Å². The lowest BCUT2D eigenvalue weighted by molar-refractivity contribution is -0.130. The summed E-state index contributed by atoms with van der Waals surface area (Å²) in [6.45, 7) is 3.88. The number of Topliss-reactive ketones (excluding diaryl/α,β-unsaturated/α-hetero) is 1. The van der Waals surface area contributed by atoms with Gasteiger partial charge in [0.05, 0.1) is 18.1 Å². The Labute approximate surface area is 89.9 Å². The average Bonchev–Trinajstić information content (AvgIpc) is 2.56. The van der Waals surface area contributed by atoms with Crippen LogP contribution in [0.3, 0.4) is 0 Å². The Morgan fingerprint density at radius 2 is 2.07 bits per heavy atom. The van der Waals surface area contributed by atoms with Gasteiger partial charge in [-0.05, 0) is 26.2 Å². The molecule has 0 aliphatic carbocycles. The van der Waals surface area contributed by atoms with Crippen molar-refractivity contribution in [1.29, 1.82) is 0 Å². The van der Waals surface area contributed by atoms with Crippen LogP contribution in [-0.4, -0.2) is 37.9 Å². The molecule has 2 aliphatic heterocycles. The Hall–Kier alpha value is -0.420. The molecule has 0 aromatic carbocycles. The van der Waals surface area contributed by atoms with E-state index in [4.69, 9.17) is 4.74 Å². The summed E-state index contributed by atoms with van der Waals surface area (Å²) >= 11 is 0. The maximum atomic E-state index is 11.9. The van der Waals surface area contributed by atoms with E-state index in [1.165, 1.54) is 0 Å². The molecule has 0 bridgehead atoms. The van der Waals surface area contributed by atoms with Crippen LogP contribution < -0.4 is 0 Å². The zero-order valence-corrected chi connectivity index (χ0v) is 9.84. The Balaban J connectivity index is 2.12. The third-order valence-corrected chi connectivity index (χ3v) is 5.18. The highest BCUT2D eigenvalue weighted by atomic mass is 32.2. The second-order valence-corrected chi connectivity index (χ2v) is 7.18. The molecule has 15 heavy (non-hydrogen) atoms. The molecule has 0 aromatic heterocycles. The summed E-state index contributed by atoms with van der Waals surface area (Å²) < 4.78 is 28.0. The second-order valence-electron chi connectivity index (χ2n) is 4.96. The highest BCUT2D eigenvalue weighted by Crippen LogP contribution is 2.35. The van der Waals surface area contributed by atoms with Crippen LogP contribution in [0, 0.1) is 11.8 Å². The number of hydrogen-bond donors (Lipinski definition) is 0. The minimum absolute atomic E-state index is 0.0238. The highest BCUT2D eigenvalue weighted by Gasteiger charge is 2.47. The van der Waals surface area contributed by atoms with Crippen molar-refractivity contribution in [2.24, 2.45) is 11.8 Å². The fourth-order valence-corrected chi connectivity index (χ4v) is 4.26. The van der Waals surface area contributed by atoms with Gasteiger partial charge in [0.2, 0.25) is 0 Å². The minimum atomic E-state index is -2.90. The number of ketones is 1. The maximum absolute atomic E-state index is 11.9. The van der Waals surface area contributed by atoms with E-state index in [0.29, 0.717) is 13.0 Å². The van der Waals surface area contributed by atoms with Gasteiger partial charge in [-0.25, -0.2) is 8.42 Å². The van der Waals surface area contributed by atoms with Gasteiger partial charge in [-0.1, -0.05) is 0 Å². The molecule has 2 aliphatic rings. The van der Waals surface area contributed by atoms with E-state index in [1.807, 2.05) is 0 Å². The number of ether oxygens (including phenoxy) is 1. The van der Waals surface area contributed by atoms with E-state index in [9.17, 15) is 13.2 Å². The minimum Gasteiger partial charge on any atom is -0.367 e. The van der Waals surface area contributed by atoms with E-state index >= 15 is 0 Å². The predicted octanol–water partition coefficient (Wildman–Crippen LogP) is 0.415. The normalized spacial score (nSPS) is 38.4. The molecule has 4 nitrogen and oxygen atoms in total. The van der Waals surface area contributed by atoms with Crippen LogP contribution in [0.2, 0.25) is 0 Å². The van der Waals surface area contributed by atoms with Gasteiger partial charge < -0.3 is 4.74 Å². The SMILES string of the molecule is CC1(C)OCC(C2CCS(=O)(=O)C2)C1=O. The van der Waals surface area contributed by atoms with Crippen molar-refractivity contribution >= 4 is 15.6 Å². The van der Waals surface area contributed by atoms with Crippen molar-refractivity contribution in [3.05, 3.63) is 0 Å². The maximum Gasteiger partial charge on any atom is 0.169 e. The van der Waals surface area contributed by atoms with Crippen LogP contribution in [0.4, 0.5) is 0 Å². The third-order valence-electron chi connectivity index (χ3n) is 3.39. The van der Waals surface area contributed by atoms with Crippen molar-refractivity contribution in [1.82, 2.24) is 0 Å². The zero-order chi connectivity index (χ0) is 11.3. The van der Waals surface area contributed by atoms with Gasteiger partial charge in [-0.2, -0.15) is 0 Å². The molecule has 2 heterocycles. The Kier molecular flexibility index (Phi) is 2.43. The monoisotopic (exact) mass is 232 g/mol. The van der Waals surface area contributed by atoms with Gasteiger partial charge in [-0.3, -0.25) is 4.79 Å². The van der Waals surface area contributed by atoms with Crippen molar-refractivity contribution in [2.45, 2.75) is 25.9 Å². The van der Waals surface area contributed by atoms with E-state index in [-0.39, 0.29) is 29.1 Å². The van der Waals surface area contributed by atoms with E-state index in [1.54, 1.807) is 13.8 Å². The van der Waals surface area contributed by atoms with Gasteiger partial charge in [0, 0.05) is 5.92 Å². The van der Waals surface area contributed by atoms with Crippen LogP contribution >= 0.6 is 0 Å². The molecule has 0 amide bonds. The molecule has 2 saturated heterocycles. The molecule has 0 spiro atoms. The van der Waals surface area contributed by atoms with Crippen molar-refractivity contribution in [3.8, 4) is 0 Å². The smallest absolute Gasteiger partial charge is 0.169 e. The summed E-state index contributed by atoms with van der Waals surface area (Å²) in [5.74, 6) is 0.205. The fourth-order valence-electron chi connectivity index (χ4n) is 2.38. The molecule has 0 aromatic rings.